The topological polar surface area (TPSA) is 47.3 Å². The minimum Gasteiger partial charge on any atom is -0.414 e. The molecule has 1 unspecified atom stereocenters. The quantitative estimate of drug-likeness (QED) is 0.427. The molecule has 3 nitrogen and oxygen atoms in total. The Labute approximate surface area is 55.8 Å². The lowest BCUT2D eigenvalue weighted by molar-refractivity contribution is 0.0835. The maximum Gasteiger partial charge on any atom is 0.114 e. The molecule has 0 spiro atoms. The highest BCUT2D eigenvalue weighted by atomic mass is 16.6. The molecular weight excluding hydrogens is 116 g/mol. The molecule has 1 atom stereocenters. The number of allylic oxidation sites excluding steroid dienone is 1. The summed E-state index contributed by atoms with van der Waals surface area (Å²) in [6.45, 7) is 7.81. The summed E-state index contributed by atoms with van der Waals surface area (Å²) in [5, 5.41) is 0. The van der Waals surface area contributed by atoms with E-state index in [1.165, 1.54) is 0 Å². The summed E-state index contributed by atoms with van der Waals surface area (Å²) in [7, 11) is 0. The third-order valence-electron chi connectivity index (χ3n) is 0.788. The maximum atomic E-state index is 5.29. The minimum atomic E-state index is 0.182. The van der Waals surface area contributed by atoms with Crippen LogP contribution in [0.1, 0.15) is 13.8 Å². The molecular formula is C6H14N2O. The summed E-state index contributed by atoms with van der Waals surface area (Å²) in [4.78, 5) is 4.87. The number of rotatable bonds is 4. The number of nitrogens with two attached hydrogens (primary N) is 1. The van der Waals surface area contributed by atoms with Crippen LogP contribution < -0.4 is 11.2 Å². The number of nitrogens with one attached hydrogen (secondary N) is 1. The van der Waals surface area contributed by atoms with Crippen LogP contribution in [-0.2, 0) is 4.84 Å². The van der Waals surface area contributed by atoms with Crippen LogP contribution in [0.2, 0.25) is 0 Å². The minimum absolute atomic E-state index is 0.182. The predicted molar refractivity (Wildman–Crippen MR) is 37.6 cm³/mol. The van der Waals surface area contributed by atoms with E-state index in [0.29, 0.717) is 12.3 Å². The Kier molecular flexibility index (Phi) is 4.09. The van der Waals surface area contributed by atoms with Crippen LogP contribution in [0.3, 0.4) is 0 Å². The van der Waals surface area contributed by atoms with E-state index in [0.717, 1.165) is 0 Å². The van der Waals surface area contributed by atoms with Crippen LogP contribution in [0.15, 0.2) is 12.3 Å². The number of hydrogen-bond acceptors (Lipinski definition) is 3. The van der Waals surface area contributed by atoms with Gasteiger partial charge in [0.15, 0.2) is 0 Å². The Balaban J connectivity index is 3.16. The molecule has 0 heterocycles. The first kappa shape index (κ1) is 8.46. The standard InChI is InChI=1S/C6H14N2O/c1-5(2)9-8-6(3)4-7/h6,8H,1,4,7H2,2-3H3. The van der Waals surface area contributed by atoms with E-state index in [4.69, 9.17) is 10.6 Å². The van der Waals surface area contributed by atoms with Gasteiger partial charge in [0.2, 0.25) is 0 Å². The van der Waals surface area contributed by atoms with Gasteiger partial charge < -0.3 is 10.6 Å². The second-order valence-electron chi connectivity index (χ2n) is 2.06. The highest BCUT2D eigenvalue weighted by molar-refractivity contribution is 4.72. The first-order valence-electron chi connectivity index (χ1n) is 2.94. The van der Waals surface area contributed by atoms with Gasteiger partial charge in [0.05, 0.1) is 6.04 Å². The average molecular weight is 130 g/mol. The van der Waals surface area contributed by atoms with Gasteiger partial charge >= 0.3 is 0 Å². The average Bonchev–Trinajstić information content (AvgIpc) is 1.83. The van der Waals surface area contributed by atoms with Gasteiger partial charge in [-0.05, 0) is 13.8 Å². The predicted octanol–water partition coefficient (Wildman–Crippen LogP) is 0.388. The maximum absolute atomic E-state index is 5.29. The molecule has 54 valence electrons. The van der Waals surface area contributed by atoms with Gasteiger partial charge in [-0.2, -0.15) is 5.48 Å². The van der Waals surface area contributed by atoms with Gasteiger partial charge in [-0.1, -0.05) is 6.58 Å². The van der Waals surface area contributed by atoms with Crippen LogP contribution >= 0.6 is 0 Å². The van der Waals surface area contributed by atoms with Crippen LogP contribution in [0.25, 0.3) is 0 Å². The lowest BCUT2D eigenvalue weighted by Crippen LogP contribution is -2.32. The van der Waals surface area contributed by atoms with Gasteiger partial charge in [0, 0.05) is 6.54 Å². The number of hydrogen-bond donors (Lipinski definition) is 2. The first-order valence-corrected chi connectivity index (χ1v) is 2.94. The van der Waals surface area contributed by atoms with Crippen molar-refractivity contribution in [2.75, 3.05) is 6.54 Å². The molecule has 0 radical (unpaired) electrons. The molecule has 0 aromatic heterocycles. The van der Waals surface area contributed by atoms with Gasteiger partial charge in [-0.15, -0.1) is 0 Å². The summed E-state index contributed by atoms with van der Waals surface area (Å²) < 4.78 is 0. The molecule has 0 aromatic rings. The van der Waals surface area contributed by atoms with Crippen molar-refractivity contribution in [1.82, 2.24) is 5.48 Å². The van der Waals surface area contributed by atoms with E-state index in [1.54, 1.807) is 6.92 Å². The Bertz CT molecular complexity index is 93.1. The van der Waals surface area contributed by atoms with E-state index in [1.807, 2.05) is 6.92 Å². The molecule has 3 heteroatoms. The van der Waals surface area contributed by atoms with Crippen molar-refractivity contribution >= 4 is 0 Å². The third kappa shape index (κ3) is 5.33. The van der Waals surface area contributed by atoms with Crippen molar-refractivity contribution in [2.45, 2.75) is 19.9 Å². The zero-order chi connectivity index (χ0) is 7.28. The summed E-state index contributed by atoms with van der Waals surface area (Å²) in [5.41, 5.74) is 7.99. The summed E-state index contributed by atoms with van der Waals surface area (Å²) >= 11 is 0. The SMILES string of the molecule is C=C(C)ONC(C)CN. The number of hydroxylamine groups is 1. The fourth-order valence-electron chi connectivity index (χ4n) is 0.249. The second-order valence-corrected chi connectivity index (χ2v) is 2.06. The van der Waals surface area contributed by atoms with E-state index in [2.05, 4.69) is 12.1 Å². The van der Waals surface area contributed by atoms with Crippen LogP contribution in [0.4, 0.5) is 0 Å². The van der Waals surface area contributed by atoms with Gasteiger partial charge in [-0.25, -0.2) is 0 Å². The lowest BCUT2D eigenvalue weighted by Gasteiger charge is -2.10. The molecule has 9 heavy (non-hydrogen) atoms. The molecule has 0 bridgehead atoms. The van der Waals surface area contributed by atoms with Crippen molar-refractivity contribution in [3.8, 4) is 0 Å². The molecule has 0 rings (SSSR count). The molecule has 0 fully saturated rings. The van der Waals surface area contributed by atoms with Crippen molar-refractivity contribution in [3.05, 3.63) is 12.3 Å². The van der Waals surface area contributed by atoms with Gasteiger partial charge in [0.25, 0.3) is 0 Å². The summed E-state index contributed by atoms with van der Waals surface area (Å²) in [6.07, 6.45) is 0. The Morgan fingerprint density at radius 1 is 1.89 bits per heavy atom. The Morgan fingerprint density at radius 2 is 2.44 bits per heavy atom. The zero-order valence-electron chi connectivity index (χ0n) is 5.98. The molecule has 0 aliphatic rings. The summed E-state index contributed by atoms with van der Waals surface area (Å²) in [5.74, 6) is 0.648. The van der Waals surface area contributed by atoms with Crippen molar-refractivity contribution < 1.29 is 4.84 Å². The van der Waals surface area contributed by atoms with E-state index < -0.39 is 0 Å². The van der Waals surface area contributed by atoms with Crippen LogP contribution in [0.5, 0.6) is 0 Å². The Hall–Kier alpha value is -0.540. The molecule has 0 amide bonds. The van der Waals surface area contributed by atoms with E-state index in [-0.39, 0.29) is 6.04 Å². The van der Waals surface area contributed by atoms with E-state index >= 15 is 0 Å². The monoisotopic (exact) mass is 130 g/mol. The third-order valence-corrected chi connectivity index (χ3v) is 0.788. The molecule has 0 aliphatic heterocycles. The zero-order valence-corrected chi connectivity index (χ0v) is 5.98. The Morgan fingerprint density at radius 3 is 2.78 bits per heavy atom. The van der Waals surface area contributed by atoms with Crippen molar-refractivity contribution in [2.24, 2.45) is 5.73 Å². The van der Waals surface area contributed by atoms with E-state index in [9.17, 15) is 0 Å². The molecule has 0 aromatic carbocycles. The normalized spacial score (nSPS) is 12.8. The fourth-order valence-corrected chi connectivity index (χ4v) is 0.249. The van der Waals surface area contributed by atoms with Crippen molar-refractivity contribution in [1.29, 1.82) is 0 Å². The van der Waals surface area contributed by atoms with Gasteiger partial charge in [-0.3, -0.25) is 0 Å². The molecule has 3 N–H and O–H groups in total. The highest BCUT2D eigenvalue weighted by Gasteiger charge is 1.95. The smallest absolute Gasteiger partial charge is 0.114 e. The molecule has 0 aliphatic carbocycles. The van der Waals surface area contributed by atoms with Crippen LogP contribution in [0, 0.1) is 0 Å². The lowest BCUT2D eigenvalue weighted by atomic mass is 10.4. The second kappa shape index (κ2) is 4.35. The molecule has 0 saturated carbocycles. The summed E-state index contributed by atoms with van der Waals surface area (Å²) in [6, 6.07) is 0.182. The van der Waals surface area contributed by atoms with Crippen molar-refractivity contribution in [3.63, 3.8) is 0 Å². The molecule has 0 saturated heterocycles. The fraction of sp³-hybridized carbons (Fsp3) is 0.667. The first-order chi connectivity index (χ1) is 4.16. The van der Waals surface area contributed by atoms with Gasteiger partial charge in [0.1, 0.15) is 5.76 Å². The largest absolute Gasteiger partial charge is 0.414 e. The van der Waals surface area contributed by atoms with Crippen LogP contribution in [-0.4, -0.2) is 12.6 Å². The highest BCUT2D eigenvalue weighted by Crippen LogP contribution is 1.86.